The molecular weight excluding hydrogens is 346 g/mol. The Morgan fingerprint density at radius 3 is 2.81 bits per heavy atom. The molecule has 0 radical (unpaired) electrons. The summed E-state index contributed by atoms with van der Waals surface area (Å²) in [6.07, 6.45) is 4.43. The van der Waals surface area contributed by atoms with Crippen molar-refractivity contribution in [3.63, 3.8) is 0 Å². The Labute approximate surface area is 161 Å². The first-order chi connectivity index (χ1) is 12.5. The van der Waals surface area contributed by atoms with Crippen LogP contribution in [-0.4, -0.2) is 50.3 Å². The topological polar surface area (TPSA) is 38.8 Å². The van der Waals surface area contributed by atoms with Crippen molar-refractivity contribution in [3.8, 4) is 11.5 Å². The zero-order valence-electron chi connectivity index (χ0n) is 16.0. The smallest absolute Gasteiger partial charge is 0.176 e. The molecule has 142 valence electrons. The van der Waals surface area contributed by atoms with Gasteiger partial charge in [0.1, 0.15) is 0 Å². The lowest BCUT2D eigenvalue weighted by Crippen LogP contribution is -2.39. The van der Waals surface area contributed by atoms with Crippen molar-refractivity contribution in [2.45, 2.75) is 19.8 Å². The van der Waals surface area contributed by atoms with E-state index in [0.717, 1.165) is 30.8 Å². The first-order valence-electron chi connectivity index (χ1n) is 8.94. The maximum absolute atomic E-state index is 12.7. The van der Waals surface area contributed by atoms with Gasteiger partial charge in [0.05, 0.1) is 20.8 Å². The molecule has 0 N–H and O–H groups in total. The van der Waals surface area contributed by atoms with Crippen molar-refractivity contribution in [3.05, 3.63) is 47.4 Å². The van der Waals surface area contributed by atoms with Crippen molar-refractivity contribution in [2.24, 2.45) is 5.92 Å². The summed E-state index contributed by atoms with van der Waals surface area (Å²) < 4.78 is 10.5. The highest BCUT2D eigenvalue weighted by Crippen LogP contribution is 2.28. The first-order valence-corrected chi connectivity index (χ1v) is 9.99. The molecule has 1 aromatic rings. The molecule has 0 aliphatic carbocycles. The van der Waals surface area contributed by atoms with E-state index >= 15 is 0 Å². The number of methoxy groups -OCH3 is 2. The average molecular weight is 376 g/mol. The quantitative estimate of drug-likeness (QED) is 0.472. The van der Waals surface area contributed by atoms with Gasteiger partial charge < -0.3 is 9.47 Å². The van der Waals surface area contributed by atoms with Gasteiger partial charge in [-0.05, 0) is 55.8 Å². The third-order valence-corrected chi connectivity index (χ3v) is 5.45. The molecule has 1 fully saturated rings. The van der Waals surface area contributed by atoms with E-state index in [1.54, 1.807) is 26.4 Å². The summed E-state index contributed by atoms with van der Waals surface area (Å²) in [5, 5.41) is 2.12. The fourth-order valence-corrected chi connectivity index (χ4v) is 4.07. The number of thioether (sulfide) groups is 1. The maximum Gasteiger partial charge on any atom is 0.176 e. The number of ether oxygens (including phenoxy) is 2. The Bertz CT molecular complexity index is 657. The predicted molar refractivity (Wildman–Crippen MR) is 109 cm³/mol. The maximum atomic E-state index is 12.7. The lowest BCUT2D eigenvalue weighted by molar-refractivity contribution is 0.0894. The third kappa shape index (κ3) is 6.22. The second-order valence-electron chi connectivity index (χ2n) is 6.72. The van der Waals surface area contributed by atoms with E-state index in [1.807, 2.05) is 30.8 Å². The van der Waals surface area contributed by atoms with Crippen molar-refractivity contribution >= 4 is 17.5 Å². The Morgan fingerprint density at radius 2 is 2.12 bits per heavy atom. The summed E-state index contributed by atoms with van der Waals surface area (Å²) in [4.78, 5) is 14.9. The zero-order valence-corrected chi connectivity index (χ0v) is 16.8. The van der Waals surface area contributed by atoms with E-state index < -0.39 is 0 Å². The summed E-state index contributed by atoms with van der Waals surface area (Å²) in [7, 11) is 3.18. The van der Waals surface area contributed by atoms with E-state index in [4.69, 9.17) is 9.47 Å². The van der Waals surface area contributed by atoms with Crippen LogP contribution in [0.5, 0.6) is 11.5 Å². The average Bonchev–Trinajstić information content (AvgIpc) is 2.64. The number of benzene rings is 1. The first kappa shape index (κ1) is 20.6. The van der Waals surface area contributed by atoms with Crippen LogP contribution in [0.4, 0.5) is 0 Å². The van der Waals surface area contributed by atoms with Gasteiger partial charge in [0.15, 0.2) is 17.3 Å². The predicted octanol–water partition coefficient (Wildman–Crippen LogP) is 4.42. The molecule has 2 rings (SSSR count). The van der Waals surface area contributed by atoms with Gasteiger partial charge in [-0.15, -0.1) is 11.8 Å². The molecule has 1 aromatic carbocycles. The molecule has 4 nitrogen and oxygen atoms in total. The minimum absolute atomic E-state index is 0.126. The molecule has 0 spiro atoms. The van der Waals surface area contributed by atoms with E-state index in [-0.39, 0.29) is 5.78 Å². The third-order valence-electron chi connectivity index (χ3n) is 4.46. The molecule has 0 amide bonds. The highest BCUT2D eigenvalue weighted by Gasteiger charge is 2.22. The molecule has 1 aliphatic rings. The van der Waals surface area contributed by atoms with Gasteiger partial charge in [-0.1, -0.05) is 18.2 Å². The van der Waals surface area contributed by atoms with E-state index in [2.05, 4.69) is 16.9 Å². The number of Topliss-reactive ketones (excluding diaryl/α,β-unsaturated/α-hetero) is 1. The fourth-order valence-electron chi connectivity index (χ4n) is 3.09. The minimum Gasteiger partial charge on any atom is -0.493 e. The van der Waals surface area contributed by atoms with Crippen molar-refractivity contribution in [1.29, 1.82) is 0 Å². The number of ketones is 1. The number of rotatable bonds is 9. The van der Waals surface area contributed by atoms with Gasteiger partial charge in [-0.25, -0.2) is 0 Å². The highest BCUT2D eigenvalue weighted by molar-refractivity contribution is 8.02. The normalized spacial score (nSPS) is 18.0. The van der Waals surface area contributed by atoms with Crippen LogP contribution >= 0.6 is 11.8 Å². The number of allylic oxidation sites excluding steroid dienone is 2. The van der Waals surface area contributed by atoms with E-state index in [1.165, 1.54) is 6.42 Å². The van der Waals surface area contributed by atoms with Crippen LogP contribution in [0.2, 0.25) is 0 Å². The number of carbonyl (C=O) groups excluding carboxylic acids is 1. The van der Waals surface area contributed by atoms with Gasteiger partial charge in [0.25, 0.3) is 0 Å². The molecule has 1 heterocycles. The molecule has 1 unspecified atom stereocenters. The summed E-state index contributed by atoms with van der Waals surface area (Å²) in [5.41, 5.74) is 1.74. The van der Waals surface area contributed by atoms with Gasteiger partial charge >= 0.3 is 0 Å². The molecule has 0 aromatic heterocycles. The lowest BCUT2D eigenvalue weighted by Gasteiger charge is -2.31. The Balaban J connectivity index is 1.89. The number of nitrogens with zero attached hydrogens (tertiary/aromatic N) is 1. The number of hydrogen-bond acceptors (Lipinski definition) is 5. The van der Waals surface area contributed by atoms with E-state index in [9.17, 15) is 4.79 Å². The van der Waals surface area contributed by atoms with Crippen LogP contribution < -0.4 is 9.47 Å². The van der Waals surface area contributed by atoms with Crippen LogP contribution in [0.25, 0.3) is 0 Å². The Kier molecular flexibility index (Phi) is 8.26. The molecule has 0 bridgehead atoms. The molecule has 0 saturated carbocycles. The standard InChI is InChI=1S/C21H29NO3S/c1-16(2)9-11-26-15-17-6-5-10-22(13-17)14-19(23)18-7-8-20(24-3)21(12-18)25-4/h7-9,11-12,17H,1,5-6,10,13-15H2,2-4H3/b11-9-. The van der Waals surface area contributed by atoms with Crippen LogP contribution in [0.1, 0.15) is 30.1 Å². The number of hydrogen-bond donors (Lipinski definition) is 0. The van der Waals surface area contributed by atoms with Crippen molar-refractivity contribution in [2.75, 3.05) is 39.6 Å². The molecule has 5 heteroatoms. The van der Waals surface area contributed by atoms with Crippen LogP contribution in [0.3, 0.4) is 0 Å². The van der Waals surface area contributed by atoms with Crippen LogP contribution in [0.15, 0.2) is 41.8 Å². The molecule has 1 atom stereocenters. The molecule has 1 saturated heterocycles. The molecule has 1 aliphatic heterocycles. The largest absolute Gasteiger partial charge is 0.493 e. The summed E-state index contributed by atoms with van der Waals surface area (Å²) in [5.74, 6) is 3.07. The second kappa shape index (κ2) is 10.4. The zero-order chi connectivity index (χ0) is 18.9. The minimum atomic E-state index is 0.126. The number of carbonyl (C=O) groups is 1. The lowest BCUT2D eigenvalue weighted by atomic mass is 9.99. The van der Waals surface area contributed by atoms with Gasteiger partial charge in [-0.3, -0.25) is 9.69 Å². The van der Waals surface area contributed by atoms with Crippen LogP contribution in [0, 0.1) is 5.92 Å². The Hall–Kier alpha value is -1.72. The second-order valence-corrected chi connectivity index (χ2v) is 7.66. The SMILES string of the molecule is C=C(C)/C=C\SCC1CCCN(CC(=O)c2ccc(OC)c(OC)c2)C1. The summed E-state index contributed by atoms with van der Waals surface area (Å²) in [6.45, 7) is 8.30. The number of likely N-dealkylation sites (tertiary alicyclic amines) is 1. The Morgan fingerprint density at radius 1 is 1.35 bits per heavy atom. The summed E-state index contributed by atoms with van der Waals surface area (Å²) in [6, 6.07) is 5.36. The van der Waals surface area contributed by atoms with Crippen LogP contribution in [-0.2, 0) is 0 Å². The monoisotopic (exact) mass is 375 g/mol. The van der Waals surface area contributed by atoms with Gasteiger partial charge in [0, 0.05) is 17.9 Å². The number of piperidine rings is 1. The summed E-state index contributed by atoms with van der Waals surface area (Å²) >= 11 is 1.83. The van der Waals surface area contributed by atoms with E-state index in [0.29, 0.717) is 29.5 Å². The highest BCUT2D eigenvalue weighted by atomic mass is 32.2. The fraction of sp³-hybridized carbons (Fsp3) is 0.476. The van der Waals surface area contributed by atoms with Crippen molar-refractivity contribution < 1.29 is 14.3 Å². The van der Waals surface area contributed by atoms with Gasteiger partial charge in [0.2, 0.25) is 0 Å². The van der Waals surface area contributed by atoms with Gasteiger partial charge in [-0.2, -0.15) is 0 Å². The molecule has 26 heavy (non-hydrogen) atoms. The van der Waals surface area contributed by atoms with Crippen molar-refractivity contribution in [1.82, 2.24) is 4.90 Å². The molecular formula is C21H29NO3S.